The first-order chi connectivity index (χ1) is 8.77. The summed E-state index contributed by atoms with van der Waals surface area (Å²) < 4.78 is 11.0. The van der Waals surface area contributed by atoms with E-state index < -0.39 is 0 Å². The minimum atomic E-state index is -0.0409. The van der Waals surface area contributed by atoms with Gasteiger partial charge in [-0.1, -0.05) is 31.7 Å². The molecule has 1 fully saturated rings. The van der Waals surface area contributed by atoms with Crippen LogP contribution >= 0.6 is 0 Å². The summed E-state index contributed by atoms with van der Waals surface area (Å²) in [5.74, 6) is 0.409. The second kappa shape index (κ2) is 4.75. The maximum Gasteiger partial charge on any atom is 0.159 e. The fraction of sp³-hybridized carbons (Fsp3) is 0.467. The van der Waals surface area contributed by atoms with Crippen molar-refractivity contribution in [3.05, 3.63) is 42.1 Å². The van der Waals surface area contributed by atoms with Gasteiger partial charge in [0, 0.05) is 30.3 Å². The van der Waals surface area contributed by atoms with Gasteiger partial charge in [0.15, 0.2) is 6.29 Å². The Morgan fingerprint density at radius 3 is 2.78 bits per heavy atom. The molecule has 1 unspecified atom stereocenters. The Hall–Kier alpha value is -1.32. The van der Waals surface area contributed by atoms with Crippen LogP contribution in [0.5, 0.6) is 0 Å². The van der Waals surface area contributed by atoms with Gasteiger partial charge in [0.2, 0.25) is 0 Å². The number of nitrogens with zero attached hydrogens (tertiary/aromatic N) is 1. The molecule has 2 aliphatic heterocycles. The van der Waals surface area contributed by atoms with Crippen molar-refractivity contribution in [1.82, 2.24) is 0 Å². The third kappa shape index (κ3) is 1.93. The van der Waals surface area contributed by atoms with Gasteiger partial charge >= 0.3 is 0 Å². The highest BCUT2D eigenvalue weighted by Crippen LogP contribution is 2.42. The van der Waals surface area contributed by atoms with E-state index in [1.54, 1.807) is 0 Å². The van der Waals surface area contributed by atoms with Crippen molar-refractivity contribution in [3.8, 4) is 0 Å². The zero-order valence-corrected chi connectivity index (χ0v) is 10.8. The minimum Gasteiger partial charge on any atom is -0.350 e. The molecular formula is C15H19NO2. The van der Waals surface area contributed by atoms with E-state index in [1.807, 2.05) is 0 Å². The first-order valence-electron chi connectivity index (χ1n) is 6.56. The van der Waals surface area contributed by atoms with Crippen molar-refractivity contribution in [1.29, 1.82) is 0 Å². The highest BCUT2D eigenvalue weighted by atomic mass is 16.7. The van der Waals surface area contributed by atoms with Crippen LogP contribution in [0.2, 0.25) is 0 Å². The number of hydrogen-bond donors (Lipinski definition) is 0. The maximum atomic E-state index is 5.48. The first-order valence-corrected chi connectivity index (χ1v) is 6.56. The van der Waals surface area contributed by atoms with Crippen LogP contribution < -0.4 is 4.90 Å². The molecule has 0 radical (unpaired) electrons. The number of para-hydroxylation sites is 1. The zero-order chi connectivity index (χ0) is 12.5. The van der Waals surface area contributed by atoms with Gasteiger partial charge in [0.05, 0.1) is 13.2 Å². The van der Waals surface area contributed by atoms with E-state index in [-0.39, 0.29) is 6.29 Å². The zero-order valence-electron chi connectivity index (χ0n) is 10.8. The third-order valence-electron chi connectivity index (χ3n) is 3.82. The first kappa shape index (κ1) is 11.8. The van der Waals surface area contributed by atoms with Gasteiger partial charge in [-0.2, -0.15) is 0 Å². The predicted octanol–water partition coefficient (Wildman–Crippen LogP) is 2.89. The standard InChI is InChI=1S/C15H19NO2/c1-11-12(2)16(8-7-15-17-9-10-18-15)14-6-4-3-5-13(11)14/h3-6,11,15H,2,7-10H2,1H3. The van der Waals surface area contributed by atoms with Gasteiger partial charge in [-0.05, 0) is 11.6 Å². The molecule has 0 amide bonds. The van der Waals surface area contributed by atoms with Gasteiger partial charge in [-0.25, -0.2) is 0 Å². The number of hydrogen-bond acceptors (Lipinski definition) is 3. The van der Waals surface area contributed by atoms with Crippen molar-refractivity contribution in [2.45, 2.75) is 25.6 Å². The predicted molar refractivity (Wildman–Crippen MR) is 71.7 cm³/mol. The fourth-order valence-electron chi connectivity index (χ4n) is 2.74. The van der Waals surface area contributed by atoms with Gasteiger partial charge < -0.3 is 14.4 Å². The molecule has 3 nitrogen and oxygen atoms in total. The van der Waals surface area contributed by atoms with Crippen molar-refractivity contribution < 1.29 is 9.47 Å². The lowest BCUT2D eigenvalue weighted by molar-refractivity contribution is -0.0446. The van der Waals surface area contributed by atoms with Crippen LogP contribution in [0.3, 0.4) is 0 Å². The summed E-state index contributed by atoms with van der Waals surface area (Å²) in [4.78, 5) is 2.30. The molecule has 1 atom stereocenters. The Morgan fingerprint density at radius 2 is 2.00 bits per heavy atom. The molecular weight excluding hydrogens is 226 g/mol. The normalized spacial score (nSPS) is 23.7. The van der Waals surface area contributed by atoms with E-state index in [4.69, 9.17) is 9.47 Å². The highest BCUT2D eigenvalue weighted by Gasteiger charge is 2.29. The van der Waals surface area contributed by atoms with E-state index in [9.17, 15) is 0 Å². The van der Waals surface area contributed by atoms with Crippen molar-refractivity contribution in [3.63, 3.8) is 0 Å². The summed E-state index contributed by atoms with van der Waals surface area (Å²) in [6, 6.07) is 8.53. The Morgan fingerprint density at radius 1 is 1.28 bits per heavy atom. The van der Waals surface area contributed by atoms with Crippen LogP contribution in [-0.2, 0) is 9.47 Å². The van der Waals surface area contributed by atoms with Gasteiger partial charge in [0.25, 0.3) is 0 Å². The van der Waals surface area contributed by atoms with E-state index in [2.05, 4.69) is 42.7 Å². The summed E-state index contributed by atoms with van der Waals surface area (Å²) in [5, 5.41) is 0. The molecule has 0 aliphatic carbocycles. The summed E-state index contributed by atoms with van der Waals surface area (Å²) in [6.45, 7) is 8.78. The summed E-state index contributed by atoms with van der Waals surface area (Å²) in [6.07, 6.45) is 0.848. The second-order valence-electron chi connectivity index (χ2n) is 4.88. The second-order valence-corrected chi connectivity index (χ2v) is 4.88. The van der Waals surface area contributed by atoms with E-state index in [1.165, 1.54) is 16.9 Å². The number of allylic oxidation sites excluding steroid dienone is 1. The number of fused-ring (bicyclic) bond motifs is 1. The van der Waals surface area contributed by atoms with Crippen LogP contribution in [0.4, 0.5) is 5.69 Å². The van der Waals surface area contributed by atoms with E-state index >= 15 is 0 Å². The highest BCUT2D eigenvalue weighted by molar-refractivity contribution is 5.67. The maximum absolute atomic E-state index is 5.48. The molecule has 2 aliphatic rings. The average molecular weight is 245 g/mol. The van der Waals surface area contributed by atoms with Crippen LogP contribution in [-0.4, -0.2) is 26.0 Å². The number of ether oxygens (including phenoxy) is 2. The lowest BCUT2D eigenvalue weighted by Crippen LogP contribution is -2.24. The molecule has 0 spiro atoms. The van der Waals surface area contributed by atoms with Crippen LogP contribution in [0, 0.1) is 0 Å². The van der Waals surface area contributed by atoms with Crippen molar-refractivity contribution in [2.24, 2.45) is 0 Å². The van der Waals surface area contributed by atoms with Crippen LogP contribution in [0.15, 0.2) is 36.5 Å². The van der Waals surface area contributed by atoms with Crippen molar-refractivity contribution >= 4 is 5.69 Å². The molecule has 3 heteroatoms. The molecule has 0 saturated carbocycles. The average Bonchev–Trinajstić information content (AvgIpc) is 2.98. The number of rotatable bonds is 3. The van der Waals surface area contributed by atoms with E-state index in [0.29, 0.717) is 5.92 Å². The SMILES string of the molecule is C=C1C(C)c2ccccc2N1CCC1OCCO1. The molecule has 2 heterocycles. The summed E-state index contributed by atoms with van der Waals surface area (Å²) >= 11 is 0. The summed E-state index contributed by atoms with van der Waals surface area (Å²) in [7, 11) is 0. The topological polar surface area (TPSA) is 21.7 Å². The van der Waals surface area contributed by atoms with Crippen LogP contribution in [0.1, 0.15) is 24.8 Å². The molecule has 1 aromatic carbocycles. The molecule has 1 saturated heterocycles. The molecule has 3 rings (SSSR count). The third-order valence-corrected chi connectivity index (χ3v) is 3.82. The molecule has 0 N–H and O–H groups in total. The summed E-state index contributed by atoms with van der Waals surface area (Å²) in [5.41, 5.74) is 3.83. The van der Waals surface area contributed by atoms with Crippen molar-refractivity contribution in [2.75, 3.05) is 24.7 Å². The molecule has 0 aromatic heterocycles. The lowest BCUT2D eigenvalue weighted by Gasteiger charge is -2.22. The lowest BCUT2D eigenvalue weighted by atomic mass is 10.0. The Balaban J connectivity index is 1.73. The van der Waals surface area contributed by atoms with Gasteiger partial charge in [-0.3, -0.25) is 0 Å². The Kier molecular flexibility index (Phi) is 3.10. The molecule has 1 aromatic rings. The Bertz CT molecular complexity index is 452. The van der Waals surface area contributed by atoms with E-state index in [0.717, 1.165) is 26.2 Å². The Labute approximate surface area is 108 Å². The fourth-order valence-corrected chi connectivity index (χ4v) is 2.74. The van der Waals surface area contributed by atoms with Crippen LogP contribution in [0.25, 0.3) is 0 Å². The smallest absolute Gasteiger partial charge is 0.159 e. The minimum absolute atomic E-state index is 0.0409. The number of anilines is 1. The molecule has 0 bridgehead atoms. The number of benzene rings is 1. The van der Waals surface area contributed by atoms with Gasteiger partial charge in [0.1, 0.15) is 0 Å². The largest absolute Gasteiger partial charge is 0.350 e. The quantitative estimate of drug-likeness (QED) is 0.817. The molecule has 96 valence electrons. The molecule has 18 heavy (non-hydrogen) atoms. The van der Waals surface area contributed by atoms with Gasteiger partial charge in [-0.15, -0.1) is 0 Å². The monoisotopic (exact) mass is 245 g/mol.